The van der Waals surface area contributed by atoms with Crippen molar-refractivity contribution in [2.24, 2.45) is 5.73 Å². The average Bonchev–Trinajstić information content (AvgIpc) is 3.27. The van der Waals surface area contributed by atoms with Gasteiger partial charge in [0.1, 0.15) is 5.54 Å². The minimum absolute atomic E-state index is 0.108. The highest BCUT2D eigenvalue weighted by molar-refractivity contribution is 5.37. The second-order valence-corrected chi connectivity index (χ2v) is 6.49. The predicted octanol–water partition coefficient (Wildman–Crippen LogP) is 3.36. The third-order valence-corrected chi connectivity index (χ3v) is 4.86. The maximum Gasteiger partial charge on any atom is 0.110 e. The summed E-state index contributed by atoms with van der Waals surface area (Å²) in [6.45, 7) is 0.612. The summed E-state index contributed by atoms with van der Waals surface area (Å²) in [5, 5.41) is 4.40. The van der Waals surface area contributed by atoms with E-state index in [2.05, 4.69) is 27.2 Å². The van der Waals surface area contributed by atoms with Crippen molar-refractivity contribution in [2.75, 3.05) is 0 Å². The van der Waals surface area contributed by atoms with Gasteiger partial charge in [-0.2, -0.15) is 5.10 Å². The van der Waals surface area contributed by atoms with E-state index in [1.165, 1.54) is 0 Å². The van der Waals surface area contributed by atoms with Gasteiger partial charge in [-0.25, -0.2) is 0 Å². The molecule has 1 aromatic carbocycles. The van der Waals surface area contributed by atoms with Crippen LogP contribution in [0.3, 0.4) is 0 Å². The summed E-state index contributed by atoms with van der Waals surface area (Å²) in [5.74, 6) is -0.108. The molecular formula is C22H21N5. The van der Waals surface area contributed by atoms with Crippen LogP contribution in [-0.4, -0.2) is 19.7 Å². The monoisotopic (exact) mass is 355 g/mol. The van der Waals surface area contributed by atoms with Gasteiger partial charge in [-0.1, -0.05) is 42.5 Å². The van der Waals surface area contributed by atoms with E-state index in [1.807, 2.05) is 71.5 Å². The predicted molar refractivity (Wildman–Crippen MR) is 105 cm³/mol. The fourth-order valence-electron chi connectivity index (χ4n) is 3.50. The van der Waals surface area contributed by atoms with E-state index in [-0.39, 0.29) is 5.92 Å². The van der Waals surface area contributed by atoms with Crippen LogP contribution in [0.15, 0.2) is 97.6 Å². The first kappa shape index (κ1) is 17.1. The Kier molecular flexibility index (Phi) is 4.77. The minimum Gasteiger partial charge on any atom is -0.315 e. The third-order valence-electron chi connectivity index (χ3n) is 4.86. The first-order valence-electron chi connectivity index (χ1n) is 8.93. The van der Waals surface area contributed by atoms with Gasteiger partial charge in [-0.3, -0.25) is 14.6 Å². The summed E-state index contributed by atoms with van der Waals surface area (Å²) in [5.41, 5.74) is 8.94. The summed E-state index contributed by atoms with van der Waals surface area (Å²) < 4.78 is 1.91. The lowest BCUT2D eigenvalue weighted by Crippen LogP contribution is -2.47. The molecule has 0 spiro atoms. The van der Waals surface area contributed by atoms with Crippen molar-refractivity contribution < 1.29 is 0 Å². The molecule has 4 rings (SSSR count). The number of nitrogens with two attached hydrogens (primary N) is 1. The molecule has 0 fully saturated rings. The number of hydrogen-bond donors (Lipinski definition) is 1. The number of rotatable bonds is 6. The SMILES string of the molecule is NC(c1ccccn1)(c1ccccn1)C(Cn1cccn1)c1ccccc1. The van der Waals surface area contributed by atoms with Crippen molar-refractivity contribution >= 4 is 0 Å². The molecule has 3 aromatic heterocycles. The standard InChI is InChI=1S/C22H21N5/c23-22(20-11-4-6-13-24-20,21-12-5-7-14-25-21)19(17-27-16-8-15-26-27)18-9-2-1-3-10-18/h1-16,19H,17,23H2. The van der Waals surface area contributed by atoms with E-state index in [4.69, 9.17) is 5.73 Å². The number of aromatic nitrogens is 4. The Morgan fingerprint density at radius 1 is 0.778 bits per heavy atom. The first-order valence-corrected chi connectivity index (χ1v) is 8.93. The largest absolute Gasteiger partial charge is 0.315 e. The molecule has 0 saturated carbocycles. The van der Waals surface area contributed by atoms with Crippen LogP contribution in [0.5, 0.6) is 0 Å². The molecule has 0 saturated heterocycles. The van der Waals surface area contributed by atoms with Crippen LogP contribution in [-0.2, 0) is 12.1 Å². The lowest BCUT2D eigenvalue weighted by molar-refractivity contribution is 0.349. The van der Waals surface area contributed by atoms with Gasteiger partial charge in [0.2, 0.25) is 0 Å². The van der Waals surface area contributed by atoms with Crippen LogP contribution in [0.4, 0.5) is 0 Å². The molecule has 0 bridgehead atoms. The van der Waals surface area contributed by atoms with Crippen LogP contribution < -0.4 is 5.73 Å². The number of pyridine rings is 2. The zero-order valence-electron chi connectivity index (χ0n) is 14.9. The molecule has 0 radical (unpaired) electrons. The molecule has 4 aromatic rings. The maximum atomic E-state index is 7.17. The molecule has 0 aliphatic heterocycles. The lowest BCUT2D eigenvalue weighted by atomic mass is 9.74. The smallest absolute Gasteiger partial charge is 0.110 e. The van der Waals surface area contributed by atoms with E-state index >= 15 is 0 Å². The van der Waals surface area contributed by atoms with Crippen molar-refractivity contribution in [1.82, 2.24) is 19.7 Å². The summed E-state index contributed by atoms with van der Waals surface area (Å²) in [4.78, 5) is 9.22. The Morgan fingerprint density at radius 2 is 1.41 bits per heavy atom. The van der Waals surface area contributed by atoms with Gasteiger partial charge >= 0.3 is 0 Å². The van der Waals surface area contributed by atoms with Gasteiger partial charge < -0.3 is 5.73 Å². The van der Waals surface area contributed by atoms with Crippen molar-refractivity contribution in [3.05, 3.63) is 115 Å². The fourth-order valence-corrected chi connectivity index (χ4v) is 3.50. The normalized spacial score (nSPS) is 12.6. The average molecular weight is 355 g/mol. The summed E-state index contributed by atoms with van der Waals surface area (Å²) in [6.07, 6.45) is 7.28. The molecule has 5 nitrogen and oxygen atoms in total. The molecule has 2 N–H and O–H groups in total. The van der Waals surface area contributed by atoms with E-state index in [1.54, 1.807) is 18.6 Å². The highest BCUT2D eigenvalue weighted by atomic mass is 15.3. The molecule has 0 aliphatic rings. The first-order chi connectivity index (χ1) is 13.3. The molecule has 1 unspecified atom stereocenters. The van der Waals surface area contributed by atoms with E-state index < -0.39 is 5.54 Å². The summed E-state index contributed by atoms with van der Waals surface area (Å²) in [7, 11) is 0. The molecule has 1 atom stereocenters. The maximum absolute atomic E-state index is 7.17. The van der Waals surface area contributed by atoms with Crippen LogP contribution in [0.25, 0.3) is 0 Å². The summed E-state index contributed by atoms with van der Waals surface area (Å²) >= 11 is 0. The Morgan fingerprint density at radius 3 is 1.93 bits per heavy atom. The molecule has 0 amide bonds. The van der Waals surface area contributed by atoms with Gasteiger partial charge in [0, 0.05) is 30.7 Å². The van der Waals surface area contributed by atoms with E-state index in [9.17, 15) is 0 Å². The van der Waals surface area contributed by atoms with Crippen molar-refractivity contribution in [1.29, 1.82) is 0 Å². The third kappa shape index (κ3) is 3.37. The van der Waals surface area contributed by atoms with Crippen LogP contribution in [0.2, 0.25) is 0 Å². The Labute approximate surface area is 158 Å². The fraction of sp³-hybridized carbons (Fsp3) is 0.136. The minimum atomic E-state index is -0.907. The van der Waals surface area contributed by atoms with Gasteiger partial charge in [0.25, 0.3) is 0 Å². The molecular weight excluding hydrogens is 334 g/mol. The number of nitrogens with zero attached hydrogens (tertiary/aromatic N) is 4. The zero-order chi connectivity index (χ0) is 18.5. The zero-order valence-corrected chi connectivity index (χ0v) is 14.9. The van der Waals surface area contributed by atoms with Crippen LogP contribution in [0.1, 0.15) is 22.9 Å². The Hall–Kier alpha value is -3.31. The quantitative estimate of drug-likeness (QED) is 0.576. The van der Waals surface area contributed by atoms with E-state index in [0.717, 1.165) is 17.0 Å². The number of hydrogen-bond acceptors (Lipinski definition) is 4. The molecule has 134 valence electrons. The molecule has 27 heavy (non-hydrogen) atoms. The summed E-state index contributed by atoms with van der Waals surface area (Å²) in [6, 6.07) is 23.8. The Balaban J connectivity index is 1.91. The van der Waals surface area contributed by atoms with Gasteiger partial charge in [-0.15, -0.1) is 0 Å². The molecule has 3 heterocycles. The lowest BCUT2D eigenvalue weighted by Gasteiger charge is -2.37. The highest BCUT2D eigenvalue weighted by Gasteiger charge is 2.42. The Bertz CT molecular complexity index is 914. The van der Waals surface area contributed by atoms with Gasteiger partial charge in [0.15, 0.2) is 0 Å². The van der Waals surface area contributed by atoms with Crippen molar-refractivity contribution in [3.8, 4) is 0 Å². The van der Waals surface area contributed by atoms with Crippen LogP contribution in [0, 0.1) is 0 Å². The van der Waals surface area contributed by atoms with E-state index in [0.29, 0.717) is 6.54 Å². The second-order valence-electron chi connectivity index (χ2n) is 6.49. The van der Waals surface area contributed by atoms with Crippen molar-refractivity contribution in [2.45, 2.75) is 18.0 Å². The molecule has 5 heteroatoms. The topological polar surface area (TPSA) is 69.6 Å². The highest BCUT2D eigenvalue weighted by Crippen LogP contribution is 2.39. The van der Waals surface area contributed by atoms with Crippen LogP contribution >= 0.6 is 0 Å². The number of benzene rings is 1. The second kappa shape index (κ2) is 7.51. The van der Waals surface area contributed by atoms with Crippen molar-refractivity contribution in [3.63, 3.8) is 0 Å². The molecule has 0 aliphatic carbocycles. The van der Waals surface area contributed by atoms with Gasteiger partial charge in [-0.05, 0) is 35.9 Å². The van der Waals surface area contributed by atoms with Gasteiger partial charge in [0.05, 0.1) is 17.9 Å².